The largest absolute Gasteiger partial charge is 0.481 e. The summed E-state index contributed by atoms with van der Waals surface area (Å²) in [6, 6.07) is -2.10. The van der Waals surface area contributed by atoms with Crippen molar-refractivity contribution in [3.05, 3.63) is 0 Å². The quantitative estimate of drug-likeness (QED) is 0.0241. The number of carbonyl (C=O) groups excluding carboxylic acids is 9. The van der Waals surface area contributed by atoms with Gasteiger partial charge in [-0.05, 0) is 106 Å². The Kier molecular flexibility index (Phi) is 62.7. The molecule has 28 heteroatoms. The first-order valence-electron chi connectivity index (χ1n) is 25.0. The van der Waals surface area contributed by atoms with Gasteiger partial charge >= 0.3 is 12.2 Å². The Bertz CT molecular complexity index is 1600. The van der Waals surface area contributed by atoms with Gasteiger partial charge in [0, 0.05) is 93.5 Å². The molecule has 0 saturated carbocycles. The molecule has 0 aromatic rings. The molecule has 0 radical (unpaired) electrons. The van der Waals surface area contributed by atoms with Crippen molar-refractivity contribution in [3.8, 4) is 5.81 Å². The van der Waals surface area contributed by atoms with Crippen LogP contribution >= 0.6 is 30.8 Å². The first-order valence-corrected chi connectivity index (χ1v) is 28.5. The summed E-state index contributed by atoms with van der Waals surface area (Å²) in [5.41, 5.74) is 4.50. The Morgan fingerprint density at radius 2 is 0.973 bits per heavy atom. The number of ether oxygens (including phenoxy) is 2. The van der Waals surface area contributed by atoms with Crippen molar-refractivity contribution in [2.75, 3.05) is 101 Å². The summed E-state index contributed by atoms with van der Waals surface area (Å²) in [7, 11) is 14.5. The van der Waals surface area contributed by atoms with Gasteiger partial charge in [0.1, 0.15) is 12.1 Å². The molecule has 3 atom stereocenters. The first kappa shape index (κ1) is 78.7. The second kappa shape index (κ2) is 59.7. The normalized spacial score (nSPS) is 10.4. The van der Waals surface area contributed by atoms with Gasteiger partial charge in [-0.25, -0.2) is 9.59 Å². The summed E-state index contributed by atoms with van der Waals surface area (Å²) in [5, 5.41) is 39.0. The van der Waals surface area contributed by atoms with Crippen LogP contribution in [-0.4, -0.2) is 182 Å². The second-order valence-electron chi connectivity index (χ2n) is 15.7. The number of nitriles is 1. The highest BCUT2D eigenvalue weighted by molar-refractivity contribution is 8.76. The third-order valence-electron chi connectivity index (χ3n) is 9.77. The Hall–Kier alpha value is -5.16. The van der Waals surface area contributed by atoms with Gasteiger partial charge in [-0.15, -0.1) is 0 Å². The lowest BCUT2D eigenvalue weighted by molar-refractivity contribution is -0.143. The van der Waals surface area contributed by atoms with Crippen LogP contribution in [0.25, 0.3) is 0 Å². The Balaban J connectivity index is -0.00000112. The zero-order valence-electron chi connectivity index (χ0n) is 46.0. The minimum atomic E-state index is -1.12. The van der Waals surface area contributed by atoms with E-state index in [4.69, 9.17) is 24.6 Å². The molecule has 1 unspecified atom stereocenters. The predicted molar refractivity (Wildman–Crippen MR) is 298 cm³/mol. The van der Waals surface area contributed by atoms with Crippen LogP contribution in [-0.2, 0) is 47.8 Å². The molecule has 0 aromatic carbocycles. The molecular formula is C47H93N12O13PS2. The molecule has 436 valence electrons. The maximum absolute atomic E-state index is 13.9. The van der Waals surface area contributed by atoms with Crippen LogP contribution in [0, 0.1) is 11.1 Å². The second-order valence-corrected chi connectivity index (χ2v) is 18.6. The van der Waals surface area contributed by atoms with Crippen molar-refractivity contribution in [2.45, 2.75) is 135 Å². The third-order valence-corrected chi connectivity index (χ3v) is 11.1. The molecule has 0 aliphatic carbocycles. The maximum Gasteiger partial charge on any atom is 0.406 e. The number of hydrogen-bond donors (Lipinski definition) is 11. The number of carboxylic acids is 1. The molecular weight excluding hydrogens is 1040 g/mol. The summed E-state index contributed by atoms with van der Waals surface area (Å²) in [4.78, 5) is 121. The van der Waals surface area contributed by atoms with Gasteiger partial charge in [0.05, 0.1) is 25.4 Å². The minimum Gasteiger partial charge on any atom is -0.481 e. The monoisotopic (exact) mass is 1130 g/mol. The van der Waals surface area contributed by atoms with Gasteiger partial charge in [-0.1, -0.05) is 34.4 Å². The van der Waals surface area contributed by atoms with E-state index in [9.17, 15) is 43.2 Å². The summed E-state index contributed by atoms with van der Waals surface area (Å²) in [6.45, 7) is 3.66. The number of nitrogens with two attached hydrogens (primary N) is 1. The molecule has 25 nitrogen and oxygen atoms in total. The van der Waals surface area contributed by atoms with E-state index in [1.165, 1.54) is 40.1 Å². The smallest absolute Gasteiger partial charge is 0.406 e. The average molecular weight is 1130 g/mol. The molecule has 9 amide bonds. The number of nitrogens with one attached hydrogen (secondary N) is 9. The molecule has 0 bridgehead atoms. The van der Waals surface area contributed by atoms with Crippen LogP contribution in [0.15, 0.2) is 0 Å². The molecule has 0 fully saturated rings. The molecule has 0 rings (SSSR count). The highest BCUT2D eigenvalue weighted by Gasteiger charge is 2.33. The van der Waals surface area contributed by atoms with Gasteiger partial charge in [-0.2, -0.15) is 5.26 Å². The standard InChI is InChI=1S/C41H76N10O11.C2H4O2.C2H6S2.CH2NP.CH5N/c1-42-26-27-49-38(57)32(30-37(56)43-2)51(5)39(58)31(50-36(55)22-9-7-14-24-47-35(54)21-12-17-29-62-41(60)45-4)18-10-15-25-48-33(52)19-8-6-13-23-46-34(53)20-11-16-28-61-40(59)44-3;1-2(3)4;1-3-4-2;2-1-3;1-2/h31-32,42H,6-30H2,1-5H3,(H,43,56)(H,44,59)(H,45,60)(H,46,53)(H,47,54)(H,48,52)(H,49,57)(H,50,55);1H3,(H,3,4);1-2H3;3H2;2H2,1H3/t31-,32-;;;;/m0..../s1. The molecule has 0 aliphatic heterocycles. The summed E-state index contributed by atoms with van der Waals surface area (Å²) in [5.74, 6) is -1.26. The summed E-state index contributed by atoms with van der Waals surface area (Å²) >= 11 is 0. The zero-order valence-corrected chi connectivity index (χ0v) is 48.8. The average Bonchev–Trinajstić information content (AvgIpc) is 3.39. The van der Waals surface area contributed by atoms with Crippen molar-refractivity contribution < 1.29 is 62.5 Å². The van der Waals surface area contributed by atoms with Crippen LogP contribution in [0.5, 0.6) is 0 Å². The van der Waals surface area contributed by atoms with E-state index in [0.717, 1.165) is 19.8 Å². The van der Waals surface area contributed by atoms with Crippen LogP contribution in [0.4, 0.5) is 9.59 Å². The van der Waals surface area contributed by atoms with Crippen LogP contribution in [0.2, 0.25) is 0 Å². The van der Waals surface area contributed by atoms with Gasteiger partial charge in [0.25, 0.3) is 5.97 Å². The number of aliphatic carboxylic acids is 1. The van der Waals surface area contributed by atoms with E-state index in [-0.39, 0.29) is 62.6 Å². The summed E-state index contributed by atoms with van der Waals surface area (Å²) < 4.78 is 9.79. The predicted octanol–water partition coefficient (Wildman–Crippen LogP) is 2.10. The molecule has 0 saturated heterocycles. The molecule has 12 N–H and O–H groups in total. The minimum absolute atomic E-state index is 0.0705. The highest BCUT2D eigenvalue weighted by atomic mass is 33.1. The number of amides is 9. The Labute approximate surface area is 456 Å². The zero-order chi connectivity index (χ0) is 58.1. The summed E-state index contributed by atoms with van der Waals surface area (Å²) in [6.07, 6.45) is 11.5. The SMILES string of the molecule is CC(=O)O.CN.CNCCNC(=O)[C@H](CC(=O)NC)N(C)C(=O)[C@H](CCCCNC(=O)CCCCCNC(=O)CCCCOC(=O)NC)NC(=O)CCCCCNC(=O)CCCCOC(=O)NC.CSSC.N#CP. The fourth-order valence-corrected chi connectivity index (χ4v) is 5.88. The molecule has 0 heterocycles. The number of alkyl carbamates (subject to hydrolysis) is 2. The van der Waals surface area contributed by atoms with E-state index in [1.807, 2.05) is 9.24 Å². The first-order chi connectivity index (χ1) is 35.8. The van der Waals surface area contributed by atoms with Crippen molar-refractivity contribution in [2.24, 2.45) is 5.73 Å². The van der Waals surface area contributed by atoms with Gasteiger partial charge in [0.2, 0.25) is 41.4 Å². The van der Waals surface area contributed by atoms with E-state index in [0.29, 0.717) is 110 Å². The Morgan fingerprint density at radius 3 is 1.35 bits per heavy atom. The van der Waals surface area contributed by atoms with E-state index in [1.54, 1.807) is 34.4 Å². The lowest BCUT2D eigenvalue weighted by atomic mass is 10.0. The molecule has 0 aromatic heterocycles. The number of hydrogen-bond acceptors (Lipinski definition) is 17. The third kappa shape index (κ3) is 58.0. The lowest BCUT2D eigenvalue weighted by Gasteiger charge is -2.30. The van der Waals surface area contributed by atoms with E-state index >= 15 is 0 Å². The van der Waals surface area contributed by atoms with Crippen LogP contribution < -0.4 is 53.6 Å². The van der Waals surface area contributed by atoms with Gasteiger partial charge in [-0.3, -0.25) is 38.4 Å². The number of likely N-dealkylation sites (N-methyl/N-ethyl adjacent to an activating group) is 2. The highest BCUT2D eigenvalue weighted by Crippen LogP contribution is 2.12. The number of unbranched alkanes of at least 4 members (excludes halogenated alkanes) is 7. The fourth-order valence-electron chi connectivity index (χ4n) is 5.88. The molecule has 75 heavy (non-hydrogen) atoms. The maximum atomic E-state index is 13.9. The van der Waals surface area contributed by atoms with Crippen LogP contribution in [0.1, 0.15) is 122 Å². The molecule has 0 aliphatic rings. The number of carboxylic acid groups (broad SMARTS) is 1. The molecule has 0 spiro atoms. The van der Waals surface area contributed by atoms with E-state index < -0.39 is 48.0 Å². The van der Waals surface area contributed by atoms with Gasteiger partial charge in [0.15, 0.2) is 0 Å². The number of rotatable bonds is 37. The van der Waals surface area contributed by atoms with E-state index in [2.05, 4.69) is 66.1 Å². The van der Waals surface area contributed by atoms with Crippen molar-refractivity contribution in [1.82, 2.24) is 52.8 Å². The number of carbonyl (C=O) groups is 10. The van der Waals surface area contributed by atoms with Gasteiger partial charge < -0.3 is 73.1 Å². The van der Waals surface area contributed by atoms with Crippen molar-refractivity contribution >= 4 is 90.3 Å². The Morgan fingerprint density at radius 1 is 0.587 bits per heavy atom. The number of nitrogens with zero attached hydrogens (tertiary/aromatic N) is 2. The van der Waals surface area contributed by atoms with Crippen LogP contribution in [0.3, 0.4) is 0 Å². The van der Waals surface area contributed by atoms with Crippen molar-refractivity contribution in [1.29, 1.82) is 5.26 Å². The topological polar surface area (TPSA) is 371 Å². The van der Waals surface area contributed by atoms with Crippen molar-refractivity contribution in [3.63, 3.8) is 0 Å². The fraction of sp³-hybridized carbons (Fsp3) is 0.766. The lowest BCUT2D eigenvalue weighted by Crippen LogP contribution is -2.55.